The summed E-state index contributed by atoms with van der Waals surface area (Å²) in [4.78, 5) is 11.3. The summed E-state index contributed by atoms with van der Waals surface area (Å²) in [5.74, 6) is 0. The first-order chi connectivity index (χ1) is 13.1. The Labute approximate surface area is 182 Å². The van der Waals surface area contributed by atoms with E-state index in [1.807, 2.05) is 0 Å². The smallest absolute Gasteiger partial charge is 0.192 e. The van der Waals surface area contributed by atoms with Crippen LogP contribution in [0.15, 0.2) is 0 Å². The summed E-state index contributed by atoms with van der Waals surface area (Å²) in [6, 6.07) is 0. The molecule has 0 radical (unpaired) electrons. The van der Waals surface area contributed by atoms with Crippen molar-refractivity contribution < 1.29 is 18.4 Å². The van der Waals surface area contributed by atoms with Gasteiger partial charge in [-0.15, -0.1) is 0 Å². The molecular weight excluding hydrogens is 396 g/mol. The van der Waals surface area contributed by atoms with Crippen molar-refractivity contribution in [3.63, 3.8) is 0 Å². The maximum Gasteiger partial charge on any atom is 0.192 e. The average molecular weight is 445 g/mol. The van der Waals surface area contributed by atoms with E-state index in [0.29, 0.717) is 6.42 Å². The molecule has 1 rings (SSSR count). The summed E-state index contributed by atoms with van der Waals surface area (Å²) >= 11 is 0. The maximum absolute atomic E-state index is 11.3. The van der Waals surface area contributed by atoms with Crippen molar-refractivity contribution in [1.29, 1.82) is 0 Å². The molecule has 0 spiro atoms. The Morgan fingerprint density at radius 1 is 0.966 bits per heavy atom. The van der Waals surface area contributed by atoms with Crippen molar-refractivity contribution in [2.45, 2.75) is 135 Å². The lowest BCUT2D eigenvalue weighted by Gasteiger charge is -2.40. The lowest BCUT2D eigenvalue weighted by Crippen LogP contribution is -2.45. The molecule has 1 aliphatic rings. The quantitative estimate of drug-likeness (QED) is 0.277. The van der Waals surface area contributed by atoms with Crippen molar-refractivity contribution >= 4 is 22.9 Å². The van der Waals surface area contributed by atoms with Gasteiger partial charge in [0, 0.05) is 13.0 Å². The fraction of sp³-hybridized carbons (Fsp3) is 0.957. The van der Waals surface area contributed by atoms with Gasteiger partial charge in [-0.1, -0.05) is 41.5 Å². The molecule has 4 nitrogen and oxygen atoms in total. The van der Waals surface area contributed by atoms with Crippen molar-refractivity contribution in [2.24, 2.45) is 0 Å². The van der Waals surface area contributed by atoms with Gasteiger partial charge in [-0.3, -0.25) is 0 Å². The van der Waals surface area contributed by atoms with E-state index in [1.165, 1.54) is 6.42 Å². The molecule has 0 amide bonds. The second-order valence-electron chi connectivity index (χ2n) is 11.8. The highest BCUT2D eigenvalue weighted by atomic mass is 28.4. The molecule has 0 bridgehead atoms. The molecule has 1 heterocycles. The third-order valence-electron chi connectivity index (χ3n) is 7.30. The first kappa shape index (κ1) is 27.0. The molecule has 6 heteroatoms. The first-order valence-electron chi connectivity index (χ1n) is 11.5. The fourth-order valence-electron chi connectivity index (χ4n) is 3.22. The molecular formula is C23H48O4Si2. The molecule has 172 valence electrons. The number of rotatable bonds is 10. The predicted molar refractivity (Wildman–Crippen MR) is 128 cm³/mol. The summed E-state index contributed by atoms with van der Waals surface area (Å²) < 4.78 is 19.3. The van der Waals surface area contributed by atoms with Crippen LogP contribution in [-0.2, 0) is 18.4 Å². The Balaban J connectivity index is 2.58. The molecule has 0 N–H and O–H groups in total. The zero-order chi connectivity index (χ0) is 22.5. The van der Waals surface area contributed by atoms with E-state index in [4.69, 9.17) is 13.6 Å². The first-order valence-corrected chi connectivity index (χ1v) is 17.3. The van der Waals surface area contributed by atoms with Crippen LogP contribution in [0.25, 0.3) is 0 Å². The van der Waals surface area contributed by atoms with E-state index in [0.717, 1.165) is 38.6 Å². The molecule has 0 unspecified atom stereocenters. The van der Waals surface area contributed by atoms with Crippen LogP contribution in [0.5, 0.6) is 0 Å². The van der Waals surface area contributed by atoms with Gasteiger partial charge >= 0.3 is 0 Å². The van der Waals surface area contributed by atoms with Gasteiger partial charge in [0.1, 0.15) is 6.29 Å². The van der Waals surface area contributed by atoms with Crippen LogP contribution < -0.4 is 0 Å². The number of hydrogen-bond donors (Lipinski definition) is 0. The normalized spacial score (nSPS) is 23.1. The van der Waals surface area contributed by atoms with Crippen LogP contribution in [-0.4, -0.2) is 47.8 Å². The zero-order valence-corrected chi connectivity index (χ0v) is 22.9. The van der Waals surface area contributed by atoms with Crippen molar-refractivity contribution in [3.8, 4) is 0 Å². The Kier molecular flexibility index (Phi) is 9.81. The predicted octanol–water partition coefficient (Wildman–Crippen LogP) is 6.71. The van der Waals surface area contributed by atoms with E-state index in [9.17, 15) is 4.79 Å². The molecule has 1 fully saturated rings. The monoisotopic (exact) mass is 444 g/mol. The maximum atomic E-state index is 11.3. The van der Waals surface area contributed by atoms with Crippen molar-refractivity contribution in [1.82, 2.24) is 0 Å². The molecule has 0 aromatic heterocycles. The van der Waals surface area contributed by atoms with Gasteiger partial charge < -0.3 is 18.4 Å². The Hall–Kier alpha value is -0.0162. The minimum absolute atomic E-state index is 0.0272. The molecule has 0 saturated carbocycles. The lowest BCUT2D eigenvalue weighted by atomic mass is 9.98. The third kappa shape index (κ3) is 8.56. The number of ether oxygens (including phenoxy) is 1. The Morgan fingerprint density at radius 3 is 2.03 bits per heavy atom. The van der Waals surface area contributed by atoms with Gasteiger partial charge in [-0.2, -0.15) is 0 Å². The summed E-state index contributed by atoms with van der Waals surface area (Å²) in [5.41, 5.74) is 0. The second kappa shape index (κ2) is 10.5. The highest BCUT2D eigenvalue weighted by Crippen LogP contribution is 2.39. The van der Waals surface area contributed by atoms with Crippen LogP contribution in [0.4, 0.5) is 0 Å². The molecule has 29 heavy (non-hydrogen) atoms. The van der Waals surface area contributed by atoms with Gasteiger partial charge in [0.2, 0.25) is 0 Å². The number of aldehydes is 1. The minimum atomic E-state index is -1.90. The van der Waals surface area contributed by atoms with Gasteiger partial charge in [-0.25, -0.2) is 0 Å². The van der Waals surface area contributed by atoms with E-state index < -0.39 is 16.6 Å². The SMILES string of the molecule is CC(C)(C)[Si](C)(C)OCC[C@@H]1CCC[C@H](C[C@@H](CC=O)O[Si](C)(C)C(C)(C)C)O1. The van der Waals surface area contributed by atoms with Crippen molar-refractivity contribution in [2.75, 3.05) is 6.61 Å². The summed E-state index contributed by atoms with van der Waals surface area (Å²) in [6.07, 6.45) is 7.05. The molecule has 0 aliphatic carbocycles. The van der Waals surface area contributed by atoms with Gasteiger partial charge in [0.25, 0.3) is 0 Å². The summed E-state index contributed by atoms with van der Waals surface area (Å²) in [5, 5.41) is 0.386. The highest BCUT2D eigenvalue weighted by Gasteiger charge is 2.40. The summed E-state index contributed by atoms with van der Waals surface area (Å²) in [7, 11) is -3.59. The largest absolute Gasteiger partial charge is 0.417 e. The van der Waals surface area contributed by atoms with E-state index in [-0.39, 0.29) is 28.4 Å². The molecule has 3 atom stereocenters. The topological polar surface area (TPSA) is 44.8 Å². The van der Waals surface area contributed by atoms with Crippen LogP contribution in [0.1, 0.15) is 80.1 Å². The van der Waals surface area contributed by atoms with Crippen LogP contribution in [0, 0.1) is 0 Å². The standard InChI is InChI=1S/C23H48O4Si2/c1-22(2,3)28(7,8)25-17-15-19-12-11-13-20(26-19)18-21(14-16-24)27-29(9,10)23(4,5)6/h16,19-21H,11-15,17-18H2,1-10H3/t19-,20+,21+/m0/s1. The van der Waals surface area contributed by atoms with Crippen LogP contribution in [0.3, 0.4) is 0 Å². The minimum Gasteiger partial charge on any atom is -0.417 e. The van der Waals surface area contributed by atoms with Gasteiger partial charge in [0.15, 0.2) is 16.6 Å². The Morgan fingerprint density at radius 2 is 1.52 bits per heavy atom. The molecule has 0 aromatic rings. The lowest BCUT2D eigenvalue weighted by molar-refractivity contribution is -0.110. The summed E-state index contributed by atoms with van der Waals surface area (Å²) in [6.45, 7) is 23.5. The number of carbonyl (C=O) groups is 1. The van der Waals surface area contributed by atoms with Crippen LogP contribution >= 0.6 is 0 Å². The number of carbonyl (C=O) groups excluding carboxylic acids is 1. The van der Waals surface area contributed by atoms with Crippen molar-refractivity contribution in [3.05, 3.63) is 0 Å². The molecule has 0 aromatic carbocycles. The third-order valence-corrected chi connectivity index (χ3v) is 16.4. The average Bonchev–Trinajstić information content (AvgIpc) is 2.52. The van der Waals surface area contributed by atoms with Gasteiger partial charge in [0.05, 0.1) is 18.3 Å². The second-order valence-corrected chi connectivity index (χ2v) is 21.4. The Bertz CT molecular complexity index is 506. The van der Waals surface area contributed by atoms with E-state index >= 15 is 0 Å². The van der Waals surface area contributed by atoms with E-state index in [2.05, 4.69) is 67.7 Å². The highest BCUT2D eigenvalue weighted by molar-refractivity contribution is 6.74. The zero-order valence-electron chi connectivity index (χ0n) is 20.9. The molecule has 1 aliphatic heterocycles. The number of hydrogen-bond acceptors (Lipinski definition) is 4. The van der Waals surface area contributed by atoms with Crippen LogP contribution in [0.2, 0.25) is 36.3 Å². The van der Waals surface area contributed by atoms with E-state index in [1.54, 1.807) is 0 Å². The molecule has 1 saturated heterocycles. The fourth-order valence-corrected chi connectivity index (χ4v) is 5.66. The van der Waals surface area contributed by atoms with Gasteiger partial charge in [-0.05, 0) is 68.4 Å².